The van der Waals surface area contributed by atoms with E-state index in [4.69, 9.17) is 5.73 Å². The number of anilines is 1. The SMILES string of the molecule is CCC(C)n1c(N)nc2c1c(=O)[nH]c(=O)n2C. The van der Waals surface area contributed by atoms with Crippen molar-refractivity contribution in [1.29, 1.82) is 0 Å². The van der Waals surface area contributed by atoms with Crippen molar-refractivity contribution in [3.8, 4) is 0 Å². The molecule has 0 amide bonds. The Hall–Kier alpha value is -2.05. The predicted octanol–water partition coefficient (Wildman–Crippen LogP) is -0.0235. The van der Waals surface area contributed by atoms with Gasteiger partial charge >= 0.3 is 5.69 Å². The zero-order chi connectivity index (χ0) is 12.7. The third-order valence-corrected chi connectivity index (χ3v) is 3.01. The fourth-order valence-electron chi connectivity index (χ4n) is 1.85. The van der Waals surface area contributed by atoms with E-state index in [2.05, 4.69) is 9.97 Å². The Bertz CT molecular complexity index is 678. The van der Waals surface area contributed by atoms with Crippen LogP contribution in [0, 0.1) is 0 Å². The van der Waals surface area contributed by atoms with Crippen molar-refractivity contribution >= 4 is 17.1 Å². The molecule has 0 aromatic carbocycles. The van der Waals surface area contributed by atoms with Gasteiger partial charge < -0.3 is 10.3 Å². The Labute approximate surface area is 96.9 Å². The van der Waals surface area contributed by atoms with E-state index in [-0.39, 0.29) is 12.0 Å². The van der Waals surface area contributed by atoms with Crippen LogP contribution in [0.5, 0.6) is 0 Å². The van der Waals surface area contributed by atoms with Crippen molar-refractivity contribution in [2.75, 3.05) is 5.73 Å². The second kappa shape index (κ2) is 3.76. The zero-order valence-corrected chi connectivity index (χ0v) is 10.0. The summed E-state index contributed by atoms with van der Waals surface area (Å²) in [5.74, 6) is 0.251. The van der Waals surface area contributed by atoms with Crippen molar-refractivity contribution in [3.05, 3.63) is 20.8 Å². The highest BCUT2D eigenvalue weighted by Gasteiger charge is 2.18. The van der Waals surface area contributed by atoms with Gasteiger partial charge in [-0.05, 0) is 13.3 Å². The number of nitrogen functional groups attached to an aromatic ring is 1. The maximum atomic E-state index is 11.8. The van der Waals surface area contributed by atoms with Crippen molar-refractivity contribution in [2.24, 2.45) is 7.05 Å². The summed E-state index contributed by atoms with van der Waals surface area (Å²) >= 11 is 0. The molecule has 0 aliphatic carbocycles. The molecule has 1 unspecified atom stereocenters. The first-order valence-corrected chi connectivity index (χ1v) is 5.44. The largest absolute Gasteiger partial charge is 0.369 e. The summed E-state index contributed by atoms with van der Waals surface area (Å²) in [6.45, 7) is 3.94. The first-order valence-electron chi connectivity index (χ1n) is 5.44. The summed E-state index contributed by atoms with van der Waals surface area (Å²) in [7, 11) is 1.55. The number of hydrogen-bond acceptors (Lipinski definition) is 4. The van der Waals surface area contributed by atoms with Gasteiger partial charge in [0.25, 0.3) is 5.56 Å². The molecule has 0 aliphatic heterocycles. The first-order chi connectivity index (χ1) is 7.97. The van der Waals surface area contributed by atoms with Gasteiger partial charge in [0.1, 0.15) is 0 Å². The topological polar surface area (TPSA) is 98.7 Å². The molecule has 7 nitrogen and oxygen atoms in total. The monoisotopic (exact) mass is 237 g/mol. The minimum absolute atomic E-state index is 0.0543. The molecule has 92 valence electrons. The lowest BCUT2D eigenvalue weighted by Crippen LogP contribution is -2.29. The normalized spacial score (nSPS) is 13.1. The number of H-pyrrole nitrogens is 1. The lowest BCUT2D eigenvalue weighted by atomic mass is 10.2. The van der Waals surface area contributed by atoms with E-state index < -0.39 is 11.2 Å². The van der Waals surface area contributed by atoms with Crippen LogP contribution in [-0.2, 0) is 7.05 Å². The summed E-state index contributed by atoms with van der Waals surface area (Å²) in [6, 6.07) is 0.0543. The Kier molecular flexibility index (Phi) is 2.53. The molecule has 2 aromatic heterocycles. The Balaban J connectivity index is 2.97. The van der Waals surface area contributed by atoms with Gasteiger partial charge in [0.15, 0.2) is 11.2 Å². The van der Waals surface area contributed by atoms with Gasteiger partial charge in [-0.15, -0.1) is 0 Å². The van der Waals surface area contributed by atoms with Gasteiger partial charge in [0.2, 0.25) is 5.95 Å². The molecule has 3 N–H and O–H groups in total. The maximum Gasteiger partial charge on any atom is 0.329 e. The van der Waals surface area contributed by atoms with Crippen molar-refractivity contribution in [3.63, 3.8) is 0 Å². The smallest absolute Gasteiger partial charge is 0.329 e. The highest BCUT2D eigenvalue weighted by molar-refractivity contribution is 5.73. The molecule has 0 spiro atoms. The van der Waals surface area contributed by atoms with E-state index in [1.807, 2.05) is 13.8 Å². The minimum Gasteiger partial charge on any atom is -0.369 e. The van der Waals surface area contributed by atoms with Crippen LogP contribution in [0.4, 0.5) is 5.95 Å². The lowest BCUT2D eigenvalue weighted by molar-refractivity contribution is 0.550. The van der Waals surface area contributed by atoms with Crippen molar-refractivity contribution < 1.29 is 0 Å². The molecule has 0 aliphatic rings. The molecule has 17 heavy (non-hydrogen) atoms. The summed E-state index contributed by atoms with van der Waals surface area (Å²) in [5, 5.41) is 0. The number of aromatic nitrogens is 4. The number of aromatic amines is 1. The molecule has 0 radical (unpaired) electrons. The Morgan fingerprint density at radius 1 is 1.47 bits per heavy atom. The van der Waals surface area contributed by atoms with Crippen LogP contribution >= 0.6 is 0 Å². The number of hydrogen-bond donors (Lipinski definition) is 2. The number of imidazole rings is 1. The molecular formula is C10H15N5O2. The van der Waals surface area contributed by atoms with Crippen LogP contribution in [0.15, 0.2) is 9.59 Å². The molecule has 0 fully saturated rings. The predicted molar refractivity (Wildman–Crippen MR) is 65.0 cm³/mol. The van der Waals surface area contributed by atoms with E-state index in [1.54, 1.807) is 11.6 Å². The second-order valence-corrected chi connectivity index (χ2v) is 4.09. The number of aryl methyl sites for hydroxylation is 1. The van der Waals surface area contributed by atoms with Gasteiger partial charge in [-0.25, -0.2) is 4.79 Å². The summed E-state index contributed by atoms with van der Waals surface area (Å²) < 4.78 is 2.94. The van der Waals surface area contributed by atoms with Crippen LogP contribution < -0.4 is 17.0 Å². The van der Waals surface area contributed by atoms with Gasteiger partial charge in [-0.2, -0.15) is 4.98 Å². The van der Waals surface area contributed by atoms with Crippen LogP contribution in [-0.4, -0.2) is 19.1 Å². The minimum atomic E-state index is -0.490. The van der Waals surface area contributed by atoms with Crippen molar-refractivity contribution in [1.82, 2.24) is 19.1 Å². The highest BCUT2D eigenvalue weighted by Crippen LogP contribution is 2.20. The third-order valence-electron chi connectivity index (χ3n) is 3.01. The number of nitrogens with two attached hydrogens (primary N) is 1. The molecule has 0 saturated heterocycles. The average Bonchev–Trinajstić information content (AvgIpc) is 2.63. The van der Waals surface area contributed by atoms with Gasteiger partial charge in [-0.1, -0.05) is 6.92 Å². The van der Waals surface area contributed by atoms with Crippen LogP contribution in [0.3, 0.4) is 0 Å². The van der Waals surface area contributed by atoms with Crippen LogP contribution in [0.1, 0.15) is 26.3 Å². The van der Waals surface area contributed by atoms with E-state index in [1.165, 1.54) is 4.57 Å². The van der Waals surface area contributed by atoms with E-state index in [0.717, 1.165) is 6.42 Å². The standard InChI is InChI=1S/C10H15N5O2/c1-4-5(2)15-6-7(12-9(15)11)14(3)10(17)13-8(6)16/h5H,4H2,1-3H3,(H2,11,12)(H,13,16,17). The third kappa shape index (κ3) is 1.54. The fourth-order valence-corrected chi connectivity index (χ4v) is 1.85. The van der Waals surface area contributed by atoms with E-state index >= 15 is 0 Å². The summed E-state index contributed by atoms with van der Waals surface area (Å²) in [5.41, 5.74) is 5.52. The molecule has 2 rings (SSSR count). The Morgan fingerprint density at radius 2 is 2.12 bits per heavy atom. The number of fused-ring (bicyclic) bond motifs is 1. The maximum absolute atomic E-state index is 11.8. The molecule has 2 aromatic rings. The molecule has 0 bridgehead atoms. The van der Waals surface area contributed by atoms with E-state index in [0.29, 0.717) is 11.2 Å². The molecular weight excluding hydrogens is 222 g/mol. The van der Waals surface area contributed by atoms with Crippen LogP contribution in [0.2, 0.25) is 0 Å². The lowest BCUT2D eigenvalue weighted by Gasteiger charge is -2.12. The second-order valence-electron chi connectivity index (χ2n) is 4.09. The van der Waals surface area contributed by atoms with E-state index in [9.17, 15) is 9.59 Å². The summed E-state index contributed by atoms with van der Waals surface area (Å²) in [6.07, 6.45) is 0.817. The zero-order valence-electron chi connectivity index (χ0n) is 10.0. The summed E-state index contributed by atoms with van der Waals surface area (Å²) in [4.78, 5) is 29.6. The number of rotatable bonds is 2. The van der Waals surface area contributed by atoms with Gasteiger partial charge in [-0.3, -0.25) is 14.3 Å². The average molecular weight is 237 g/mol. The van der Waals surface area contributed by atoms with Crippen LogP contribution in [0.25, 0.3) is 11.2 Å². The number of nitrogens with zero attached hydrogens (tertiary/aromatic N) is 3. The number of nitrogens with one attached hydrogen (secondary N) is 1. The molecule has 0 saturated carbocycles. The van der Waals surface area contributed by atoms with Crippen molar-refractivity contribution in [2.45, 2.75) is 26.3 Å². The van der Waals surface area contributed by atoms with Gasteiger partial charge in [0.05, 0.1) is 0 Å². The molecule has 2 heterocycles. The first kappa shape index (κ1) is 11.4. The molecule has 7 heteroatoms. The quantitative estimate of drug-likeness (QED) is 0.766. The fraction of sp³-hybridized carbons (Fsp3) is 0.500. The Morgan fingerprint density at radius 3 is 2.71 bits per heavy atom. The van der Waals surface area contributed by atoms with Gasteiger partial charge in [0, 0.05) is 13.1 Å². The molecule has 1 atom stereocenters. The highest BCUT2D eigenvalue weighted by atomic mass is 16.2.